The van der Waals surface area contributed by atoms with Crippen molar-refractivity contribution in [2.75, 3.05) is 6.54 Å². The van der Waals surface area contributed by atoms with E-state index in [4.69, 9.17) is 4.74 Å². The fourth-order valence-electron chi connectivity index (χ4n) is 2.57. The van der Waals surface area contributed by atoms with Gasteiger partial charge in [0.25, 0.3) is 5.91 Å². The third-order valence-corrected chi connectivity index (χ3v) is 3.89. The Morgan fingerprint density at radius 3 is 2.71 bits per heavy atom. The summed E-state index contributed by atoms with van der Waals surface area (Å²) in [6, 6.07) is 5.97. The summed E-state index contributed by atoms with van der Waals surface area (Å²) in [7, 11) is 0. The first-order chi connectivity index (χ1) is 10.0. The minimum absolute atomic E-state index is 0.0523. The number of hydrogen-bond donors (Lipinski definition) is 2. The highest BCUT2D eigenvalue weighted by Gasteiger charge is 2.30. The third-order valence-electron chi connectivity index (χ3n) is 3.89. The van der Waals surface area contributed by atoms with Crippen molar-refractivity contribution >= 4 is 5.91 Å². The largest absolute Gasteiger partial charge is 0.478 e. The van der Waals surface area contributed by atoms with Crippen LogP contribution in [0.5, 0.6) is 5.75 Å². The SMILES string of the molecule is CC(Oc1ccccc1F)C(=O)NCC1(O)CCCCC1. The van der Waals surface area contributed by atoms with E-state index in [9.17, 15) is 14.3 Å². The molecule has 21 heavy (non-hydrogen) atoms. The van der Waals surface area contributed by atoms with Crippen LogP contribution in [0.3, 0.4) is 0 Å². The van der Waals surface area contributed by atoms with Gasteiger partial charge in [-0.05, 0) is 31.9 Å². The van der Waals surface area contributed by atoms with Crippen LogP contribution in [0.2, 0.25) is 0 Å². The number of ether oxygens (including phenoxy) is 1. The van der Waals surface area contributed by atoms with Crippen LogP contribution in [0, 0.1) is 5.82 Å². The van der Waals surface area contributed by atoms with Crippen LogP contribution >= 0.6 is 0 Å². The Labute approximate surface area is 124 Å². The topological polar surface area (TPSA) is 58.6 Å². The van der Waals surface area contributed by atoms with E-state index in [1.165, 1.54) is 12.1 Å². The van der Waals surface area contributed by atoms with Gasteiger partial charge in [0.2, 0.25) is 0 Å². The molecule has 0 bridgehead atoms. The minimum Gasteiger partial charge on any atom is -0.478 e. The average molecular weight is 295 g/mol. The fraction of sp³-hybridized carbons (Fsp3) is 0.562. The third kappa shape index (κ3) is 4.43. The Morgan fingerprint density at radius 2 is 2.05 bits per heavy atom. The van der Waals surface area contributed by atoms with Crippen molar-refractivity contribution < 1.29 is 19.0 Å². The van der Waals surface area contributed by atoms with Crippen molar-refractivity contribution in [2.24, 2.45) is 0 Å². The van der Waals surface area contributed by atoms with Gasteiger partial charge < -0.3 is 15.2 Å². The van der Waals surface area contributed by atoms with E-state index in [2.05, 4.69) is 5.32 Å². The molecule has 1 aliphatic rings. The first-order valence-corrected chi connectivity index (χ1v) is 7.41. The number of halogens is 1. The Kier molecular flexibility index (Phi) is 5.17. The Bertz CT molecular complexity index is 486. The molecule has 1 saturated carbocycles. The Morgan fingerprint density at radius 1 is 1.38 bits per heavy atom. The molecule has 0 aliphatic heterocycles. The molecule has 116 valence electrons. The zero-order valence-corrected chi connectivity index (χ0v) is 12.3. The molecular formula is C16H22FNO3. The standard InChI is InChI=1S/C16H22FNO3/c1-12(21-14-8-4-3-7-13(14)17)15(19)18-11-16(20)9-5-2-6-10-16/h3-4,7-8,12,20H,2,5-6,9-11H2,1H3,(H,18,19). The summed E-state index contributed by atoms with van der Waals surface area (Å²) in [5.41, 5.74) is -0.814. The number of para-hydroxylation sites is 1. The number of rotatable bonds is 5. The van der Waals surface area contributed by atoms with Crippen LogP contribution in [0.4, 0.5) is 4.39 Å². The molecule has 1 fully saturated rings. The highest BCUT2D eigenvalue weighted by molar-refractivity contribution is 5.80. The van der Waals surface area contributed by atoms with Crippen LogP contribution in [0.1, 0.15) is 39.0 Å². The second-order valence-electron chi connectivity index (χ2n) is 5.69. The summed E-state index contributed by atoms with van der Waals surface area (Å²) < 4.78 is 18.8. The predicted molar refractivity (Wildman–Crippen MR) is 77.5 cm³/mol. The van der Waals surface area contributed by atoms with Crippen molar-refractivity contribution in [2.45, 2.75) is 50.7 Å². The van der Waals surface area contributed by atoms with Gasteiger partial charge in [0.15, 0.2) is 17.7 Å². The van der Waals surface area contributed by atoms with E-state index in [0.29, 0.717) is 12.8 Å². The summed E-state index contributed by atoms with van der Waals surface area (Å²) in [6.45, 7) is 1.78. The number of carbonyl (C=O) groups excluding carboxylic acids is 1. The maximum absolute atomic E-state index is 13.5. The Balaban J connectivity index is 1.84. The summed E-state index contributed by atoms with van der Waals surface area (Å²) in [6.07, 6.45) is 3.69. The lowest BCUT2D eigenvalue weighted by atomic mass is 9.85. The fourth-order valence-corrected chi connectivity index (χ4v) is 2.57. The maximum atomic E-state index is 13.5. The molecule has 1 aromatic carbocycles. The summed E-state index contributed by atoms with van der Waals surface area (Å²) >= 11 is 0. The van der Waals surface area contributed by atoms with E-state index < -0.39 is 17.5 Å². The zero-order chi connectivity index (χ0) is 15.3. The molecule has 0 heterocycles. The zero-order valence-electron chi connectivity index (χ0n) is 12.3. The van der Waals surface area contributed by atoms with Crippen LogP contribution in [0.15, 0.2) is 24.3 Å². The van der Waals surface area contributed by atoms with Crippen LogP contribution in [0.25, 0.3) is 0 Å². The van der Waals surface area contributed by atoms with E-state index >= 15 is 0 Å². The highest BCUT2D eigenvalue weighted by atomic mass is 19.1. The van der Waals surface area contributed by atoms with Gasteiger partial charge in [0, 0.05) is 6.54 Å². The number of aliphatic hydroxyl groups is 1. The van der Waals surface area contributed by atoms with Gasteiger partial charge in [-0.2, -0.15) is 0 Å². The van der Waals surface area contributed by atoms with Gasteiger partial charge in [-0.3, -0.25) is 4.79 Å². The number of amides is 1. The molecule has 1 atom stereocenters. The lowest BCUT2D eigenvalue weighted by Crippen LogP contribution is -2.47. The monoisotopic (exact) mass is 295 g/mol. The van der Waals surface area contributed by atoms with E-state index in [0.717, 1.165) is 19.3 Å². The minimum atomic E-state index is -0.814. The highest BCUT2D eigenvalue weighted by Crippen LogP contribution is 2.27. The number of carbonyl (C=O) groups is 1. The molecule has 1 aromatic rings. The predicted octanol–water partition coefficient (Wildman–Crippen LogP) is 2.40. The summed E-state index contributed by atoms with van der Waals surface area (Å²) in [4.78, 5) is 12.0. The van der Waals surface area contributed by atoms with E-state index in [1.54, 1.807) is 19.1 Å². The molecule has 1 aliphatic carbocycles. The van der Waals surface area contributed by atoms with Crippen LogP contribution in [-0.4, -0.2) is 29.3 Å². The first-order valence-electron chi connectivity index (χ1n) is 7.41. The summed E-state index contributed by atoms with van der Waals surface area (Å²) in [5.74, 6) is -0.795. The lowest BCUT2D eigenvalue weighted by molar-refractivity contribution is -0.129. The molecule has 0 radical (unpaired) electrons. The molecular weight excluding hydrogens is 273 g/mol. The van der Waals surface area contributed by atoms with Gasteiger partial charge >= 0.3 is 0 Å². The van der Waals surface area contributed by atoms with Crippen molar-refractivity contribution in [3.8, 4) is 5.75 Å². The van der Waals surface area contributed by atoms with Gasteiger partial charge in [-0.25, -0.2) is 4.39 Å². The molecule has 1 unspecified atom stereocenters. The lowest BCUT2D eigenvalue weighted by Gasteiger charge is -2.32. The van der Waals surface area contributed by atoms with Gasteiger partial charge in [-0.1, -0.05) is 31.4 Å². The first kappa shape index (κ1) is 15.8. The Hall–Kier alpha value is -1.62. The molecule has 0 spiro atoms. The number of nitrogens with one attached hydrogen (secondary N) is 1. The molecule has 0 saturated heterocycles. The second-order valence-corrected chi connectivity index (χ2v) is 5.69. The quantitative estimate of drug-likeness (QED) is 0.877. The van der Waals surface area contributed by atoms with Crippen molar-refractivity contribution in [3.63, 3.8) is 0 Å². The maximum Gasteiger partial charge on any atom is 0.260 e. The van der Waals surface area contributed by atoms with Crippen molar-refractivity contribution in [1.82, 2.24) is 5.32 Å². The molecule has 5 heteroatoms. The number of hydrogen-bond acceptors (Lipinski definition) is 3. The molecule has 4 nitrogen and oxygen atoms in total. The normalized spacial score (nSPS) is 18.8. The van der Waals surface area contributed by atoms with E-state index in [-0.39, 0.29) is 18.2 Å². The second kappa shape index (κ2) is 6.89. The molecule has 0 aromatic heterocycles. The van der Waals surface area contributed by atoms with Crippen molar-refractivity contribution in [3.05, 3.63) is 30.1 Å². The van der Waals surface area contributed by atoms with Gasteiger partial charge in [-0.15, -0.1) is 0 Å². The summed E-state index contributed by atoms with van der Waals surface area (Å²) in [5, 5.41) is 13.0. The number of benzene rings is 1. The van der Waals surface area contributed by atoms with E-state index in [1.807, 2.05) is 0 Å². The van der Waals surface area contributed by atoms with Gasteiger partial charge in [0.1, 0.15) is 0 Å². The molecule has 2 rings (SSSR count). The molecule has 2 N–H and O–H groups in total. The van der Waals surface area contributed by atoms with Crippen molar-refractivity contribution in [1.29, 1.82) is 0 Å². The van der Waals surface area contributed by atoms with Crippen LogP contribution < -0.4 is 10.1 Å². The van der Waals surface area contributed by atoms with Gasteiger partial charge in [0.05, 0.1) is 5.60 Å². The average Bonchev–Trinajstić information content (AvgIpc) is 2.48. The smallest absolute Gasteiger partial charge is 0.260 e. The van der Waals surface area contributed by atoms with Crippen LogP contribution in [-0.2, 0) is 4.79 Å². The molecule has 1 amide bonds.